The van der Waals surface area contributed by atoms with Gasteiger partial charge >= 0.3 is 0 Å². The smallest absolute Gasteiger partial charge is 0.262 e. The molecule has 0 atom stereocenters. The van der Waals surface area contributed by atoms with E-state index in [-0.39, 0.29) is 12.5 Å². The van der Waals surface area contributed by atoms with Gasteiger partial charge in [-0.25, -0.2) is 0 Å². The van der Waals surface area contributed by atoms with Crippen molar-refractivity contribution >= 4 is 27.5 Å². The van der Waals surface area contributed by atoms with E-state index in [2.05, 4.69) is 26.6 Å². The molecule has 2 N–H and O–H groups in total. The van der Waals surface area contributed by atoms with E-state index in [4.69, 9.17) is 14.2 Å². The first-order chi connectivity index (χ1) is 14.0. The van der Waals surface area contributed by atoms with E-state index in [0.29, 0.717) is 18.0 Å². The third kappa shape index (κ3) is 8.04. The van der Waals surface area contributed by atoms with Crippen LogP contribution < -0.4 is 20.1 Å². The summed E-state index contributed by atoms with van der Waals surface area (Å²) in [5, 5.41) is 6.19. The maximum absolute atomic E-state index is 12.2. The summed E-state index contributed by atoms with van der Waals surface area (Å²) in [5.41, 5.74) is 2.93. The van der Waals surface area contributed by atoms with E-state index in [1.807, 2.05) is 50.2 Å². The van der Waals surface area contributed by atoms with E-state index in [0.717, 1.165) is 47.5 Å². The number of carbonyl (C=O) groups excluding carboxylic acids is 1. The molecule has 0 spiro atoms. The number of methoxy groups -OCH3 is 1. The van der Waals surface area contributed by atoms with Crippen molar-refractivity contribution in [3.63, 3.8) is 0 Å². The number of carbonyl (C=O) groups is 1. The topological polar surface area (TPSA) is 68.8 Å². The van der Waals surface area contributed by atoms with Crippen molar-refractivity contribution < 1.29 is 19.0 Å². The Morgan fingerprint density at radius 1 is 1.17 bits per heavy atom. The second-order valence-electron chi connectivity index (χ2n) is 6.54. The molecule has 0 aromatic heterocycles. The third-order valence-electron chi connectivity index (χ3n) is 4.15. The maximum atomic E-state index is 12.2. The summed E-state index contributed by atoms with van der Waals surface area (Å²) in [7, 11) is 1.58. The molecule has 6 nitrogen and oxygen atoms in total. The summed E-state index contributed by atoms with van der Waals surface area (Å²) in [6.45, 7) is 6.96. The molecular formula is C22H29BrN2O4. The average Bonchev–Trinajstić information content (AvgIpc) is 2.71. The first kappa shape index (κ1) is 23.2. The van der Waals surface area contributed by atoms with E-state index in [1.165, 1.54) is 0 Å². The Morgan fingerprint density at radius 3 is 2.62 bits per heavy atom. The quantitative estimate of drug-likeness (QED) is 0.458. The molecule has 2 aromatic carbocycles. The van der Waals surface area contributed by atoms with E-state index >= 15 is 0 Å². The van der Waals surface area contributed by atoms with E-state index in [1.54, 1.807) is 7.11 Å². The van der Waals surface area contributed by atoms with Crippen LogP contribution in [0.5, 0.6) is 11.5 Å². The Hall–Kier alpha value is -2.09. The van der Waals surface area contributed by atoms with Crippen LogP contribution in [0.3, 0.4) is 0 Å². The van der Waals surface area contributed by atoms with Gasteiger partial charge in [0.25, 0.3) is 5.91 Å². The second kappa shape index (κ2) is 12.5. The summed E-state index contributed by atoms with van der Waals surface area (Å²) in [4.78, 5) is 12.2. The fourth-order valence-corrected chi connectivity index (χ4v) is 3.27. The zero-order valence-corrected chi connectivity index (χ0v) is 18.8. The lowest BCUT2D eigenvalue weighted by Crippen LogP contribution is -2.20. The molecule has 7 heteroatoms. The van der Waals surface area contributed by atoms with Gasteiger partial charge in [-0.2, -0.15) is 0 Å². The molecule has 0 unspecified atom stereocenters. The Kier molecular flexibility index (Phi) is 9.97. The zero-order valence-electron chi connectivity index (χ0n) is 17.2. The van der Waals surface area contributed by atoms with Crippen LogP contribution in [0, 0.1) is 6.92 Å². The third-order valence-corrected chi connectivity index (χ3v) is 4.74. The predicted octanol–water partition coefficient (Wildman–Crippen LogP) is 4.30. The van der Waals surface area contributed by atoms with E-state index < -0.39 is 0 Å². The summed E-state index contributed by atoms with van der Waals surface area (Å²) in [5.74, 6) is 0.850. The fraction of sp³-hybridized carbons (Fsp3) is 0.409. The Bertz CT molecular complexity index is 781. The van der Waals surface area contributed by atoms with Crippen LogP contribution in [0.1, 0.15) is 24.5 Å². The number of ether oxygens (including phenoxy) is 3. The molecule has 0 heterocycles. The second-order valence-corrected chi connectivity index (χ2v) is 7.39. The molecule has 0 aliphatic heterocycles. The van der Waals surface area contributed by atoms with Crippen molar-refractivity contribution in [2.24, 2.45) is 0 Å². The molecule has 2 rings (SSSR count). The van der Waals surface area contributed by atoms with Crippen molar-refractivity contribution in [3.8, 4) is 11.5 Å². The molecule has 158 valence electrons. The Labute approximate surface area is 181 Å². The molecular weight excluding hydrogens is 436 g/mol. The first-order valence-corrected chi connectivity index (χ1v) is 10.5. The molecule has 0 saturated carbocycles. The van der Waals surface area contributed by atoms with Gasteiger partial charge in [-0.1, -0.05) is 17.7 Å². The Morgan fingerprint density at radius 2 is 1.93 bits per heavy atom. The number of benzene rings is 2. The van der Waals surface area contributed by atoms with Crippen LogP contribution in [-0.4, -0.2) is 39.4 Å². The van der Waals surface area contributed by atoms with Crippen molar-refractivity contribution in [3.05, 3.63) is 52.0 Å². The zero-order chi connectivity index (χ0) is 21.1. The van der Waals surface area contributed by atoms with Gasteiger partial charge in [0.1, 0.15) is 0 Å². The van der Waals surface area contributed by atoms with Gasteiger partial charge in [0.2, 0.25) is 0 Å². The van der Waals surface area contributed by atoms with Gasteiger partial charge in [0, 0.05) is 25.4 Å². The van der Waals surface area contributed by atoms with Crippen LogP contribution in [0.25, 0.3) is 0 Å². The minimum Gasteiger partial charge on any atom is -0.493 e. The fourth-order valence-electron chi connectivity index (χ4n) is 2.66. The molecule has 0 aliphatic carbocycles. The van der Waals surface area contributed by atoms with Crippen molar-refractivity contribution in [2.75, 3.05) is 38.8 Å². The highest BCUT2D eigenvalue weighted by Crippen LogP contribution is 2.36. The highest BCUT2D eigenvalue weighted by Gasteiger charge is 2.14. The summed E-state index contributed by atoms with van der Waals surface area (Å²) in [6, 6.07) is 11.5. The largest absolute Gasteiger partial charge is 0.493 e. The number of rotatable bonds is 12. The van der Waals surface area contributed by atoms with Gasteiger partial charge in [0.15, 0.2) is 18.1 Å². The molecule has 2 aromatic rings. The van der Waals surface area contributed by atoms with Crippen molar-refractivity contribution in [2.45, 2.75) is 26.8 Å². The lowest BCUT2D eigenvalue weighted by Gasteiger charge is -2.15. The minimum absolute atomic E-state index is 0.113. The highest BCUT2D eigenvalue weighted by atomic mass is 79.9. The molecule has 29 heavy (non-hydrogen) atoms. The standard InChI is InChI=1S/C22H29BrN2O4/c1-4-28-11-5-10-24-14-17-12-19(23)22(20(13-17)27-3)29-15-21(26)25-18-8-6-16(2)7-9-18/h6-9,12-13,24H,4-5,10-11,14-15H2,1-3H3,(H,25,26). The lowest BCUT2D eigenvalue weighted by molar-refractivity contribution is -0.118. The average molecular weight is 465 g/mol. The highest BCUT2D eigenvalue weighted by molar-refractivity contribution is 9.10. The number of amides is 1. The molecule has 0 bridgehead atoms. The van der Waals surface area contributed by atoms with Crippen LogP contribution in [0.4, 0.5) is 5.69 Å². The van der Waals surface area contributed by atoms with Crippen LogP contribution in [0.15, 0.2) is 40.9 Å². The number of nitrogens with one attached hydrogen (secondary N) is 2. The van der Waals surface area contributed by atoms with Gasteiger partial charge < -0.3 is 24.8 Å². The predicted molar refractivity (Wildman–Crippen MR) is 119 cm³/mol. The monoisotopic (exact) mass is 464 g/mol. The summed E-state index contributed by atoms with van der Waals surface area (Å²) >= 11 is 3.52. The van der Waals surface area contributed by atoms with Crippen molar-refractivity contribution in [1.29, 1.82) is 0 Å². The van der Waals surface area contributed by atoms with Gasteiger partial charge in [-0.05, 0) is 72.6 Å². The van der Waals surface area contributed by atoms with Gasteiger partial charge in [-0.15, -0.1) is 0 Å². The first-order valence-electron chi connectivity index (χ1n) is 9.67. The maximum Gasteiger partial charge on any atom is 0.262 e. The number of halogens is 1. The number of aryl methyl sites for hydroxylation is 1. The molecule has 0 fully saturated rings. The molecule has 1 amide bonds. The Balaban J connectivity index is 1.89. The number of hydrogen-bond donors (Lipinski definition) is 2. The SMILES string of the molecule is CCOCCCNCc1cc(Br)c(OCC(=O)Nc2ccc(C)cc2)c(OC)c1. The molecule has 0 aliphatic rings. The van der Waals surface area contributed by atoms with Crippen LogP contribution in [-0.2, 0) is 16.1 Å². The van der Waals surface area contributed by atoms with Crippen LogP contribution >= 0.6 is 15.9 Å². The van der Waals surface area contributed by atoms with Gasteiger partial charge in [0.05, 0.1) is 11.6 Å². The van der Waals surface area contributed by atoms with Gasteiger partial charge in [-0.3, -0.25) is 4.79 Å². The normalized spacial score (nSPS) is 10.6. The summed E-state index contributed by atoms with van der Waals surface area (Å²) in [6.07, 6.45) is 0.962. The van der Waals surface area contributed by atoms with E-state index in [9.17, 15) is 4.79 Å². The van der Waals surface area contributed by atoms with Crippen molar-refractivity contribution in [1.82, 2.24) is 5.32 Å². The summed E-state index contributed by atoms with van der Waals surface area (Å²) < 4.78 is 17.2. The lowest BCUT2D eigenvalue weighted by atomic mass is 10.2. The number of hydrogen-bond acceptors (Lipinski definition) is 5. The minimum atomic E-state index is -0.233. The molecule has 0 saturated heterocycles. The number of anilines is 1. The van der Waals surface area contributed by atoms with Crippen LogP contribution in [0.2, 0.25) is 0 Å². The molecule has 0 radical (unpaired) electrons.